The van der Waals surface area contributed by atoms with Crippen LogP contribution in [0.4, 0.5) is 0 Å². The molecule has 1 amide bonds. The van der Waals surface area contributed by atoms with E-state index in [0.29, 0.717) is 6.54 Å². The monoisotopic (exact) mass is 128 g/mol. The van der Waals surface area contributed by atoms with Gasteiger partial charge in [-0.1, -0.05) is 20.8 Å². The van der Waals surface area contributed by atoms with Crippen LogP contribution in [0.25, 0.3) is 0 Å². The van der Waals surface area contributed by atoms with E-state index in [0.717, 1.165) is 0 Å². The minimum absolute atomic E-state index is 0.0532. The Morgan fingerprint density at radius 3 is 2.11 bits per heavy atom. The maximum Gasteiger partial charge on any atom is 0.225 e. The van der Waals surface area contributed by atoms with Crippen molar-refractivity contribution in [3.63, 3.8) is 0 Å². The largest absolute Gasteiger partial charge is 0.356 e. The summed E-state index contributed by atoms with van der Waals surface area (Å²) in [5.41, 5.74) is -0.280. The highest BCUT2D eigenvalue weighted by molar-refractivity contribution is 5.81. The van der Waals surface area contributed by atoms with Crippen molar-refractivity contribution in [3.8, 4) is 0 Å². The van der Waals surface area contributed by atoms with E-state index in [2.05, 4.69) is 12.2 Å². The second-order valence-electron chi connectivity index (χ2n) is 3.01. The van der Waals surface area contributed by atoms with Gasteiger partial charge in [-0.2, -0.15) is 0 Å². The highest BCUT2D eigenvalue weighted by Crippen LogP contribution is 2.11. The van der Waals surface area contributed by atoms with Crippen LogP contribution >= 0.6 is 0 Å². The van der Waals surface area contributed by atoms with Crippen molar-refractivity contribution >= 4 is 5.91 Å². The van der Waals surface area contributed by atoms with E-state index in [1.807, 2.05) is 20.8 Å². The Hall–Kier alpha value is -0.530. The minimum atomic E-state index is -0.280. The zero-order chi connectivity index (χ0) is 7.49. The zero-order valence-electron chi connectivity index (χ0n) is 6.32. The summed E-state index contributed by atoms with van der Waals surface area (Å²) in [4.78, 5) is 10.9. The molecular weight excluding hydrogens is 114 g/mol. The summed E-state index contributed by atoms with van der Waals surface area (Å²) < 4.78 is 0. The molecule has 0 aromatic heterocycles. The SMILES string of the molecule is [CH2]CNC(=O)C(C)(C)C. The van der Waals surface area contributed by atoms with Gasteiger partial charge in [0.2, 0.25) is 5.91 Å². The Labute approximate surface area is 56.6 Å². The molecule has 1 radical (unpaired) electrons. The van der Waals surface area contributed by atoms with E-state index in [9.17, 15) is 4.79 Å². The van der Waals surface area contributed by atoms with E-state index in [4.69, 9.17) is 0 Å². The number of carbonyl (C=O) groups excluding carboxylic acids is 1. The summed E-state index contributed by atoms with van der Waals surface area (Å²) in [6.07, 6.45) is 0. The highest BCUT2D eigenvalue weighted by atomic mass is 16.2. The van der Waals surface area contributed by atoms with Crippen LogP contribution in [-0.4, -0.2) is 12.5 Å². The molecule has 0 atom stereocenters. The fourth-order valence-corrected chi connectivity index (χ4v) is 0.379. The first-order valence-corrected chi connectivity index (χ1v) is 3.06. The lowest BCUT2D eigenvalue weighted by Crippen LogP contribution is -2.34. The maximum atomic E-state index is 10.9. The lowest BCUT2D eigenvalue weighted by Gasteiger charge is -2.16. The minimum Gasteiger partial charge on any atom is -0.356 e. The van der Waals surface area contributed by atoms with E-state index >= 15 is 0 Å². The van der Waals surface area contributed by atoms with Gasteiger partial charge in [0, 0.05) is 12.0 Å². The smallest absolute Gasteiger partial charge is 0.225 e. The second-order valence-corrected chi connectivity index (χ2v) is 3.01. The predicted molar refractivity (Wildman–Crippen MR) is 37.8 cm³/mol. The molecule has 0 saturated carbocycles. The van der Waals surface area contributed by atoms with Gasteiger partial charge in [0.15, 0.2) is 0 Å². The summed E-state index contributed by atoms with van der Waals surface area (Å²) in [6, 6.07) is 0. The third-order valence-corrected chi connectivity index (χ3v) is 0.967. The van der Waals surface area contributed by atoms with Gasteiger partial charge in [-0.3, -0.25) is 4.79 Å². The molecule has 0 rings (SSSR count). The molecule has 2 nitrogen and oxygen atoms in total. The Morgan fingerprint density at radius 1 is 1.56 bits per heavy atom. The van der Waals surface area contributed by atoms with E-state index < -0.39 is 0 Å². The third kappa shape index (κ3) is 3.12. The summed E-state index contributed by atoms with van der Waals surface area (Å²) in [7, 11) is 0. The van der Waals surface area contributed by atoms with Crippen LogP contribution in [0.5, 0.6) is 0 Å². The molecule has 0 aliphatic heterocycles. The van der Waals surface area contributed by atoms with Crippen LogP contribution < -0.4 is 5.32 Å². The Morgan fingerprint density at radius 2 is 2.00 bits per heavy atom. The van der Waals surface area contributed by atoms with Crippen LogP contribution in [0.3, 0.4) is 0 Å². The molecule has 0 aromatic rings. The van der Waals surface area contributed by atoms with Crippen molar-refractivity contribution in [3.05, 3.63) is 6.92 Å². The molecule has 9 heavy (non-hydrogen) atoms. The van der Waals surface area contributed by atoms with Crippen LogP contribution in [0.1, 0.15) is 20.8 Å². The summed E-state index contributed by atoms with van der Waals surface area (Å²) in [6.45, 7) is 9.59. The Balaban J connectivity index is 3.74. The molecule has 0 fully saturated rings. The maximum absolute atomic E-state index is 10.9. The van der Waals surface area contributed by atoms with Crippen LogP contribution in [0.15, 0.2) is 0 Å². The molecule has 0 saturated heterocycles. The van der Waals surface area contributed by atoms with Crippen molar-refractivity contribution in [1.29, 1.82) is 0 Å². The predicted octanol–water partition coefficient (Wildman–Crippen LogP) is 0.983. The lowest BCUT2D eigenvalue weighted by molar-refractivity contribution is -0.128. The Bertz CT molecular complexity index is 102. The van der Waals surface area contributed by atoms with Gasteiger partial charge in [0.1, 0.15) is 0 Å². The van der Waals surface area contributed by atoms with Gasteiger partial charge in [-0.25, -0.2) is 0 Å². The zero-order valence-corrected chi connectivity index (χ0v) is 6.32. The van der Waals surface area contributed by atoms with Gasteiger partial charge >= 0.3 is 0 Å². The number of hydrogen-bond donors (Lipinski definition) is 1. The van der Waals surface area contributed by atoms with Crippen LogP contribution in [0, 0.1) is 12.3 Å². The van der Waals surface area contributed by atoms with Gasteiger partial charge in [0.25, 0.3) is 0 Å². The fourth-order valence-electron chi connectivity index (χ4n) is 0.379. The number of carbonyl (C=O) groups is 1. The standard InChI is InChI=1S/C7H14NO/c1-5-8-6(9)7(2,3)4/h1,5H2,2-4H3,(H,8,9). The molecular formula is C7H14NO. The molecule has 1 N–H and O–H groups in total. The normalized spacial score (nSPS) is 11.1. The average molecular weight is 128 g/mol. The van der Waals surface area contributed by atoms with Crippen molar-refractivity contribution in [1.82, 2.24) is 5.32 Å². The van der Waals surface area contributed by atoms with Crippen molar-refractivity contribution in [2.75, 3.05) is 6.54 Å². The first-order valence-electron chi connectivity index (χ1n) is 3.06. The highest BCUT2D eigenvalue weighted by Gasteiger charge is 2.19. The quantitative estimate of drug-likeness (QED) is 0.560. The van der Waals surface area contributed by atoms with Gasteiger partial charge < -0.3 is 5.32 Å². The van der Waals surface area contributed by atoms with Gasteiger partial charge in [-0.15, -0.1) is 0 Å². The van der Waals surface area contributed by atoms with Crippen molar-refractivity contribution in [2.24, 2.45) is 5.41 Å². The van der Waals surface area contributed by atoms with E-state index in [1.165, 1.54) is 0 Å². The summed E-state index contributed by atoms with van der Waals surface area (Å²) in [5, 5.41) is 2.64. The molecule has 0 aliphatic rings. The number of hydrogen-bond acceptors (Lipinski definition) is 1. The summed E-state index contributed by atoms with van der Waals surface area (Å²) >= 11 is 0. The van der Waals surface area contributed by atoms with Gasteiger partial charge in [0.05, 0.1) is 0 Å². The molecule has 0 unspecified atom stereocenters. The molecule has 53 valence electrons. The van der Waals surface area contributed by atoms with Crippen molar-refractivity contribution < 1.29 is 4.79 Å². The number of rotatable bonds is 1. The molecule has 0 spiro atoms. The number of nitrogens with one attached hydrogen (secondary N) is 1. The molecule has 2 heteroatoms. The first kappa shape index (κ1) is 8.47. The molecule has 0 heterocycles. The van der Waals surface area contributed by atoms with Crippen LogP contribution in [-0.2, 0) is 4.79 Å². The van der Waals surface area contributed by atoms with Crippen LogP contribution in [0.2, 0.25) is 0 Å². The number of amides is 1. The van der Waals surface area contributed by atoms with Crippen molar-refractivity contribution in [2.45, 2.75) is 20.8 Å². The van der Waals surface area contributed by atoms with E-state index in [1.54, 1.807) is 0 Å². The first-order chi connectivity index (χ1) is 3.98. The lowest BCUT2D eigenvalue weighted by atomic mass is 9.96. The topological polar surface area (TPSA) is 29.1 Å². The second kappa shape index (κ2) is 2.85. The van der Waals surface area contributed by atoms with Gasteiger partial charge in [-0.05, 0) is 6.92 Å². The molecule has 0 aromatic carbocycles. The summed E-state index contributed by atoms with van der Waals surface area (Å²) in [5.74, 6) is 0.0532. The average Bonchev–Trinajstić information content (AvgIpc) is 1.64. The fraction of sp³-hybridized carbons (Fsp3) is 0.714. The third-order valence-electron chi connectivity index (χ3n) is 0.967. The van der Waals surface area contributed by atoms with E-state index in [-0.39, 0.29) is 11.3 Å². The molecule has 0 bridgehead atoms. The Kier molecular flexibility index (Phi) is 2.68. The molecule has 0 aliphatic carbocycles.